The van der Waals surface area contributed by atoms with Gasteiger partial charge in [0.1, 0.15) is 0 Å². The van der Waals surface area contributed by atoms with Gasteiger partial charge in [0.15, 0.2) is 0 Å². The van der Waals surface area contributed by atoms with Crippen molar-refractivity contribution >= 4 is 31.9 Å². The summed E-state index contributed by atoms with van der Waals surface area (Å²) in [6.07, 6.45) is -0.242. The summed E-state index contributed by atoms with van der Waals surface area (Å²) in [6.45, 7) is 3.36. The fourth-order valence-corrected chi connectivity index (χ4v) is 3.21. The Labute approximate surface area is 114 Å². The maximum atomic E-state index is 12.0. The van der Waals surface area contributed by atoms with E-state index < -0.39 is 16.0 Å². The molecule has 0 saturated carbocycles. The number of aliphatic carboxylic acids is 1. The van der Waals surface area contributed by atoms with Gasteiger partial charge in [0, 0.05) is 11.0 Å². The maximum absolute atomic E-state index is 12.0. The fourth-order valence-electron chi connectivity index (χ4n) is 1.41. The van der Waals surface area contributed by atoms with Gasteiger partial charge in [0.25, 0.3) is 0 Å². The molecule has 0 atom stereocenters. The van der Waals surface area contributed by atoms with E-state index in [0.717, 1.165) is 10.0 Å². The van der Waals surface area contributed by atoms with Crippen LogP contribution in [0.5, 0.6) is 0 Å². The quantitative estimate of drug-likeness (QED) is 0.859. The van der Waals surface area contributed by atoms with Crippen LogP contribution in [-0.4, -0.2) is 26.0 Å². The Morgan fingerprint density at radius 3 is 2.50 bits per heavy atom. The molecule has 2 N–H and O–H groups in total. The van der Waals surface area contributed by atoms with Crippen molar-refractivity contribution in [3.05, 3.63) is 27.7 Å². The van der Waals surface area contributed by atoms with E-state index >= 15 is 0 Å². The van der Waals surface area contributed by atoms with Crippen molar-refractivity contribution < 1.29 is 18.3 Å². The van der Waals surface area contributed by atoms with Crippen LogP contribution in [0.2, 0.25) is 0 Å². The Morgan fingerprint density at radius 2 is 1.94 bits per heavy atom. The smallest absolute Gasteiger partial charge is 0.304 e. The van der Waals surface area contributed by atoms with Crippen molar-refractivity contribution in [1.82, 2.24) is 4.72 Å². The van der Waals surface area contributed by atoms with Gasteiger partial charge in [-0.3, -0.25) is 4.79 Å². The van der Waals surface area contributed by atoms with E-state index in [9.17, 15) is 13.2 Å². The average molecular weight is 336 g/mol. The number of hydrogen-bond acceptors (Lipinski definition) is 3. The van der Waals surface area contributed by atoms with Gasteiger partial charge < -0.3 is 5.11 Å². The van der Waals surface area contributed by atoms with Crippen LogP contribution in [0.15, 0.2) is 21.5 Å². The molecule has 0 bridgehead atoms. The highest BCUT2D eigenvalue weighted by atomic mass is 79.9. The number of halogens is 1. The van der Waals surface area contributed by atoms with Crippen LogP contribution in [0.1, 0.15) is 17.5 Å². The zero-order valence-electron chi connectivity index (χ0n) is 10.0. The number of sulfonamides is 1. The number of carboxylic acid groups (broad SMARTS) is 1. The summed E-state index contributed by atoms with van der Waals surface area (Å²) in [7, 11) is -3.66. The molecule has 0 fully saturated rings. The van der Waals surface area contributed by atoms with E-state index in [2.05, 4.69) is 20.7 Å². The van der Waals surface area contributed by atoms with Crippen molar-refractivity contribution in [1.29, 1.82) is 0 Å². The highest BCUT2D eigenvalue weighted by molar-refractivity contribution is 9.10. The molecule has 1 aromatic carbocycles. The summed E-state index contributed by atoms with van der Waals surface area (Å²) in [4.78, 5) is 10.5. The molecule has 18 heavy (non-hydrogen) atoms. The molecular weight excluding hydrogens is 322 g/mol. The Morgan fingerprint density at radius 1 is 1.33 bits per heavy atom. The van der Waals surface area contributed by atoms with Crippen molar-refractivity contribution in [3.8, 4) is 0 Å². The molecule has 0 saturated heterocycles. The molecule has 100 valence electrons. The molecule has 0 aliphatic rings. The summed E-state index contributed by atoms with van der Waals surface area (Å²) in [5, 5.41) is 8.47. The Hall–Kier alpha value is -0.920. The molecule has 0 amide bonds. The summed E-state index contributed by atoms with van der Waals surface area (Å²) in [5.41, 5.74) is 1.41. The van der Waals surface area contributed by atoms with E-state index in [0.29, 0.717) is 5.56 Å². The first-order valence-corrected chi connectivity index (χ1v) is 7.50. The lowest BCUT2D eigenvalue weighted by Gasteiger charge is -2.10. The Balaban J connectivity index is 2.98. The number of carbonyl (C=O) groups is 1. The lowest BCUT2D eigenvalue weighted by molar-refractivity contribution is -0.136. The molecule has 0 heterocycles. The average Bonchev–Trinajstić information content (AvgIpc) is 2.22. The number of hydrogen-bond donors (Lipinski definition) is 2. The minimum Gasteiger partial charge on any atom is -0.481 e. The van der Waals surface area contributed by atoms with Crippen LogP contribution in [-0.2, 0) is 14.8 Å². The summed E-state index contributed by atoms with van der Waals surface area (Å²) in [6, 6.07) is 3.28. The summed E-state index contributed by atoms with van der Waals surface area (Å²) >= 11 is 3.33. The van der Waals surface area contributed by atoms with Crippen LogP contribution >= 0.6 is 15.9 Å². The van der Waals surface area contributed by atoms with Crippen LogP contribution < -0.4 is 4.72 Å². The third-order valence-corrected chi connectivity index (χ3v) is 4.83. The first-order valence-electron chi connectivity index (χ1n) is 5.22. The van der Waals surface area contributed by atoms with Crippen LogP contribution in [0.3, 0.4) is 0 Å². The molecule has 0 aliphatic carbocycles. The van der Waals surface area contributed by atoms with E-state index in [1.165, 1.54) is 0 Å². The first-order chi connectivity index (χ1) is 8.24. The minimum atomic E-state index is -3.66. The molecule has 0 radical (unpaired) electrons. The Kier molecular flexibility index (Phi) is 4.89. The molecule has 5 nitrogen and oxygen atoms in total. The normalized spacial score (nSPS) is 11.5. The second-order valence-electron chi connectivity index (χ2n) is 3.91. The van der Waals surface area contributed by atoms with Gasteiger partial charge in [-0.15, -0.1) is 0 Å². The lowest BCUT2D eigenvalue weighted by Crippen LogP contribution is -2.27. The standard InChI is InChI=1S/C11H14BrNO4S/c1-7-6-10(8(2)5-9(7)12)18(16,17)13-4-3-11(14)15/h5-6,13H,3-4H2,1-2H3,(H,14,15). The summed E-state index contributed by atoms with van der Waals surface area (Å²) in [5.74, 6) is -1.04. The first kappa shape index (κ1) is 15.1. The molecule has 7 heteroatoms. The van der Waals surface area contributed by atoms with Crippen LogP contribution in [0.4, 0.5) is 0 Å². The molecular formula is C11H14BrNO4S. The van der Waals surface area contributed by atoms with Crippen molar-refractivity contribution in [2.24, 2.45) is 0 Å². The van der Waals surface area contributed by atoms with Crippen LogP contribution in [0, 0.1) is 13.8 Å². The molecule has 0 unspecified atom stereocenters. The fraction of sp³-hybridized carbons (Fsp3) is 0.364. The third-order valence-electron chi connectivity index (χ3n) is 2.38. The lowest BCUT2D eigenvalue weighted by atomic mass is 10.2. The number of aryl methyl sites for hydroxylation is 2. The van der Waals surface area contributed by atoms with E-state index in [4.69, 9.17) is 5.11 Å². The third kappa shape index (κ3) is 3.79. The van der Waals surface area contributed by atoms with Crippen molar-refractivity contribution in [2.75, 3.05) is 6.54 Å². The predicted molar refractivity (Wildman–Crippen MR) is 71.1 cm³/mol. The van der Waals surface area contributed by atoms with Crippen molar-refractivity contribution in [2.45, 2.75) is 25.2 Å². The van der Waals surface area contributed by atoms with E-state index in [1.54, 1.807) is 26.0 Å². The number of benzene rings is 1. The zero-order chi connectivity index (χ0) is 13.9. The molecule has 1 aromatic rings. The van der Waals surface area contributed by atoms with Gasteiger partial charge in [-0.05, 0) is 37.1 Å². The van der Waals surface area contributed by atoms with Gasteiger partial charge in [0.05, 0.1) is 11.3 Å². The highest BCUT2D eigenvalue weighted by Crippen LogP contribution is 2.24. The Bertz CT molecular complexity index is 569. The number of rotatable bonds is 5. The molecule has 0 aromatic heterocycles. The topological polar surface area (TPSA) is 83.5 Å². The monoisotopic (exact) mass is 335 g/mol. The summed E-state index contributed by atoms with van der Waals surface area (Å²) < 4.78 is 27.1. The minimum absolute atomic E-state index is 0.119. The maximum Gasteiger partial charge on any atom is 0.304 e. The molecule has 0 spiro atoms. The number of carboxylic acids is 1. The van der Waals surface area contributed by atoms with Gasteiger partial charge in [-0.25, -0.2) is 13.1 Å². The van der Waals surface area contributed by atoms with Crippen molar-refractivity contribution in [3.63, 3.8) is 0 Å². The second kappa shape index (κ2) is 5.81. The van der Waals surface area contributed by atoms with Gasteiger partial charge in [0.2, 0.25) is 10.0 Å². The predicted octanol–water partition coefficient (Wildman–Crippen LogP) is 1.82. The van der Waals surface area contributed by atoms with E-state index in [1.807, 2.05) is 0 Å². The zero-order valence-corrected chi connectivity index (χ0v) is 12.4. The SMILES string of the molecule is Cc1cc(S(=O)(=O)NCCC(=O)O)c(C)cc1Br. The number of nitrogens with one attached hydrogen (secondary N) is 1. The van der Waals surface area contributed by atoms with Crippen LogP contribution in [0.25, 0.3) is 0 Å². The van der Waals surface area contributed by atoms with Gasteiger partial charge in [-0.1, -0.05) is 15.9 Å². The largest absolute Gasteiger partial charge is 0.481 e. The molecule has 1 rings (SSSR count). The highest BCUT2D eigenvalue weighted by Gasteiger charge is 2.17. The molecule has 0 aliphatic heterocycles. The van der Waals surface area contributed by atoms with Gasteiger partial charge in [-0.2, -0.15) is 0 Å². The van der Waals surface area contributed by atoms with E-state index in [-0.39, 0.29) is 17.9 Å². The van der Waals surface area contributed by atoms with Gasteiger partial charge >= 0.3 is 5.97 Å². The second-order valence-corrected chi connectivity index (χ2v) is 6.50.